The topological polar surface area (TPSA) is 52.0 Å². The van der Waals surface area contributed by atoms with Crippen molar-refractivity contribution in [3.63, 3.8) is 0 Å². The monoisotopic (exact) mass is 272 g/mol. The van der Waals surface area contributed by atoms with Crippen molar-refractivity contribution in [2.24, 2.45) is 0 Å². The van der Waals surface area contributed by atoms with Crippen LogP contribution in [-0.4, -0.2) is 5.16 Å². The summed E-state index contributed by atoms with van der Waals surface area (Å²) in [5, 5.41) is 4.23. The third-order valence-corrected chi connectivity index (χ3v) is 2.70. The summed E-state index contributed by atoms with van der Waals surface area (Å²) in [5.41, 5.74) is 6.96. The van der Waals surface area contributed by atoms with Crippen LogP contribution in [0.2, 0.25) is 5.02 Å². The predicted octanol–water partition coefficient (Wildman–Crippen LogP) is 3.34. The first-order valence-corrected chi connectivity index (χ1v) is 5.01. The van der Waals surface area contributed by atoms with Crippen molar-refractivity contribution in [2.75, 3.05) is 5.73 Å². The molecule has 0 saturated carbocycles. The molecular weight excluding hydrogens is 267 g/mol. The Morgan fingerprint density at radius 2 is 2.21 bits per heavy atom. The Morgan fingerprint density at radius 1 is 1.43 bits per heavy atom. The summed E-state index contributed by atoms with van der Waals surface area (Å²) < 4.78 is 5.89. The second-order valence-electron chi connectivity index (χ2n) is 2.73. The van der Waals surface area contributed by atoms with Crippen LogP contribution in [0, 0.1) is 0 Å². The third kappa shape index (κ3) is 1.63. The highest BCUT2D eigenvalue weighted by molar-refractivity contribution is 9.10. The maximum Gasteiger partial charge on any atom is 0.190 e. The zero-order valence-corrected chi connectivity index (χ0v) is 9.34. The van der Waals surface area contributed by atoms with Crippen LogP contribution in [0.25, 0.3) is 11.3 Å². The Hall–Kier alpha value is -1.000. The molecule has 0 fully saturated rings. The molecule has 1 aromatic heterocycles. The van der Waals surface area contributed by atoms with E-state index in [1.165, 1.54) is 6.20 Å². The van der Waals surface area contributed by atoms with Gasteiger partial charge < -0.3 is 10.3 Å². The highest BCUT2D eigenvalue weighted by atomic mass is 79.9. The van der Waals surface area contributed by atoms with E-state index in [0.717, 1.165) is 10.0 Å². The number of rotatable bonds is 1. The van der Waals surface area contributed by atoms with Crippen molar-refractivity contribution >= 4 is 33.2 Å². The minimum Gasteiger partial charge on any atom is -0.394 e. The summed E-state index contributed by atoms with van der Waals surface area (Å²) in [4.78, 5) is 0. The predicted molar refractivity (Wildman–Crippen MR) is 59.1 cm³/mol. The smallest absolute Gasteiger partial charge is 0.190 e. The van der Waals surface area contributed by atoms with E-state index in [1.807, 2.05) is 6.07 Å². The molecule has 0 radical (unpaired) electrons. The lowest BCUT2D eigenvalue weighted by Gasteiger charge is -2.01. The summed E-state index contributed by atoms with van der Waals surface area (Å²) in [6.07, 6.45) is 1.46. The second kappa shape index (κ2) is 3.63. The van der Waals surface area contributed by atoms with E-state index >= 15 is 0 Å². The molecule has 0 atom stereocenters. The van der Waals surface area contributed by atoms with Gasteiger partial charge in [-0.3, -0.25) is 0 Å². The van der Waals surface area contributed by atoms with E-state index in [0.29, 0.717) is 16.5 Å². The first kappa shape index (κ1) is 9.55. The Balaban J connectivity index is 2.62. The molecule has 0 aliphatic heterocycles. The van der Waals surface area contributed by atoms with Crippen LogP contribution >= 0.6 is 27.5 Å². The van der Waals surface area contributed by atoms with Gasteiger partial charge in [0.1, 0.15) is 5.69 Å². The molecule has 72 valence electrons. The number of nitrogens with two attached hydrogens (primary N) is 1. The first-order chi connectivity index (χ1) is 6.68. The van der Waals surface area contributed by atoms with Gasteiger partial charge in [-0.1, -0.05) is 32.7 Å². The van der Waals surface area contributed by atoms with Crippen molar-refractivity contribution < 1.29 is 4.52 Å². The fraction of sp³-hybridized carbons (Fsp3) is 0. The highest BCUT2D eigenvalue weighted by Crippen LogP contribution is 2.33. The SMILES string of the molecule is Nc1cnoc1-c1cc(Cl)ccc1Br. The maximum atomic E-state index is 5.86. The molecule has 1 aromatic carbocycles. The van der Waals surface area contributed by atoms with Gasteiger partial charge in [0.25, 0.3) is 0 Å². The highest BCUT2D eigenvalue weighted by Gasteiger charge is 2.11. The minimum absolute atomic E-state index is 0.493. The molecule has 14 heavy (non-hydrogen) atoms. The van der Waals surface area contributed by atoms with Gasteiger partial charge >= 0.3 is 0 Å². The number of anilines is 1. The van der Waals surface area contributed by atoms with Gasteiger partial charge in [0.2, 0.25) is 0 Å². The van der Waals surface area contributed by atoms with E-state index in [1.54, 1.807) is 12.1 Å². The molecule has 0 amide bonds. The van der Waals surface area contributed by atoms with Crippen LogP contribution in [0.5, 0.6) is 0 Å². The van der Waals surface area contributed by atoms with E-state index in [4.69, 9.17) is 21.9 Å². The van der Waals surface area contributed by atoms with Crippen LogP contribution in [0.4, 0.5) is 5.69 Å². The van der Waals surface area contributed by atoms with Crippen molar-refractivity contribution in [2.45, 2.75) is 0 Å². The Bertz CT molecular complexity index is 470. The summed E-state index contributed by atoms with van der Waals surface area (Å²) in [6.45, 7) is 0. The summed E-state index contributed by atoms with van der Waals surface area (Å²) >= 11 is 9.25. The standard InChI is InChI=1S/C9H6BrClN2O/c10-7-2-1-5(11)3-6(7)9-8(12)4-13-14-9/h1-4H,12H2. The first-order valence-electron chi connectivity index (χ1n) is 3.84. The fourth-order valence-electron chi connectivity index (χ4n) is 1.12. The molecule has 0 aliphatic rings. The lowest BCUT2D eigenvalue weighted by molar-refractivity contribution is 0.432. The number of nitrogens with zero attached hydrogens (tertiary/aromatic N) is 1. The van der Waals surface area contributed by atoms with Crippen LogP contribution < -0.4 is 5.73 Å². The lowest BCUT2D eigenvalue weighted by Crippen LogP contribution is -1.85. The molecule has 0 aliphatic carbocycles. The van der Waals surface area contributed by atoms with Gasteiger partial charge in [0, 0.05) is 15.1 Å². The van der Waals surface area contributed by atoms with Crippen molar-refractivity contribution in [3.8, 4) is 11.3 Å². The quantitative estimate of drug-likeness (QED) is 0.867. The summed E-state index contributed by atoms with van der Waals surface area (Å²) in [5.74, 6) is 0.527. The van der Waals surface area contributed by atoms with Gasteiger partial charge in [-0.15, -0.1) is 0 Å². The molecule has 0 saturated heterocycles. The Morgan fingerprint density at radius 3 is 2.86 bits per heavy atom. The number of nitrogen functional groups attached to an aromatic ring is 1. The number of benzene rings is 1. The molecule has 0 bridgehead atoms. The molecule has 0 spiro atoms. The zero-order valence-electron chi connectivity index (χ0n) is 7.00. The maximum absolute atomic E-state index is 5.86. The Kier molecular flexibility index (Phi) is 2.48. The number of halogens is 2. The van der Waals surface area contributed by atoms with Crippen LogP contribution in [0.3, 0.4) is 0 Å². The van der Waals surface area contributed by atoms with Crippen LogP contribution in [-0.2, 0) is 0 Å². The van der Waals surface area contributed by atoms with Crippen LogP contribution in [0.15, 0.2) is 33.4 Å². The molecule has 2 N–H and O–H groups in total. The Labute approximate surface area is 94.0 Å². The molecular formula is C9H6BrClN2O. The number of hydrogen-bond acceptors (Lipinski definition) is 3. The molecule has 2 aromatic rings. The minimum atomic E-state index is 0.493. The number of aromatic nitrogens is 1. The summed E-state index contributed by atoms with van der Waals surface area (Å²) in [6, 6.07) is 5.38. The average molecular weight is 274 g/mol. The van der Waals surface area contributed by atoms with Crippen molar-refractivity contribution in [1.82, 2.24) is 5.16 Å². The zero-order chi connectivity index (χ0) is 10.1. The van der Waals surface area contributed by atoms with Gasteiger partial charge in [0.05, 0.1) is 6.20 Å². The largest absolute Gasteiger partial charge is 0.394 e. The average Bonchev–Trinajstić information content (AvgIpc) is 2.56. The van der Waals surface area contributed by atoms with E-state index in [-0.39, 0.29) is 0 Å². The van der Waals surface area contributed by atoms with Gasteiger partial charge in [-0.2, -0.15) is 0 Å². The molecule has 3 nitrogen and oxygen atoms in total. The van der Waals surface area contributed by atoms with Gasteiger partial charge in [0.15, 0.2) is 5.76 Å². The van der Waals surface area contributed by atoms with Crippen LogP contribution in [0.1, 0.15) is 0 Å². The lowest BCUT2D eigenvalue weighted by atomic mass is 10.1. The summed E-state index contributed by atoms with van der Waals surface area (Å²) in [7, 11) is 0. The normalized spacial score (nSPS) is 10.4. The van der Waals surface area contributed by atoms with Crippen molar-refractivity contribution in [3.05, 3.63) is 33.9 Å². The van der Waals surface area contributed by atoms with Gasteiger partial charge in [-0.25, -0.2) is 0 Å². The van der Waals surface area contributed by atoms with E-state index in [2.05, 4.69) is 21.1 Å². The molecule has 1 heterocycles. The molecule has 5 heteroatoms. The van der Waals surface area contributed by atoms with E-state index < -0.39 is 0 Å². The fourth-order valence-corrected chi connectivity index (χ4v) is 1.72. The third-order valence-electron chi connectivity index (χ3n) is 1.77. The van der Waals surface area contributed by atoms with E-state index in [9.17, 15) is 0 Å². The second-order valence-corrected chi connectivity index (χ2v) is 4.03. The van der Waals surface area contributed by atoms with Gasteiger partial charge in [-0.05, 0) is 18.2 Å². The molecule has 0 unspecified atom stereocenters. The molecule has 2 rings (SSSR count). The number of hydrogen-bond donors (Lipinski definition) is 1. The van der Waals surface area contributed by atoms with Crippen molar-refractivity contribution in [1.29, 1.82) is 0 Å².